The standard InChI is InChI=1S/C11H23NO2S/c1-9(2)14-7-11(13)6-12-5-10-3-4-15-8-10/h9-13H,3-8H2,1-2H3. The van der Waals surface area contributed by atoms with Gasteiger partial charge in [-0.25, -0.2) is 0 Å². The number of aliphatic hydroxyl groups is 1. The van der Waals surface area contributed by atoms with E-state index in [1.54, 1.807) is 0 Å². The van der Waals surface area contributed by atoms with Crippen molar-refractivity contribution in [3.05, 3.63) is 0 Å². The van der Waals surface area contributed by atoms with E-state index in [1.165, 1.54) is 17.9 Å². The second-order valence-corrected chi connectivity index (χ2v) is 5.57. The topological polar surface area (TPSA) is 41.5 Å². The van der Waals surface area contributed by atoms with Crippen LogP contribution in [0.4, 0.5) is 0 Å². The predicted molar refractivity (Wildman–Crippen MR) is 65.4 cm³/mol. The molecular weight excluding hydrogens is 210 g/mol. The van der Waals surface area contributed by atoms with Crippen molar-refractivity contribution in [2.24, 2.45) is 5.92 Å². The maximum absolute atomic E-state index is 9.58. The average Bonchev–Trinajstić information content (AvgIpc) is 2.67. The Hall–Kier alpha value is 0.230. The fourth-order valence-corrected chi connectivity index (χ4v) is 2.85. The van der Waals surface area contributed by atoms with E-state index in [4.69, 9.17) is 4.74 Å². The third-order valence-corrected chi connectivity index (χ3v) is 3.69. The molecule has 1 heterocycles. The van der Waals surface area contributed by atoms with E-state index in [1.807, 2.05) is 25.6 Å². The Bertz CT molecular complexity index is 161. The molecule has 1 fully saturated rings. The average molecular weight is 233 g/mol. The molecule has 2 atom stereocenters. The van der Waals surface area contributed by atoms with Crippen LogP contribution in [0.5, 0.6) is 0 Å². The fourth-order valence-electron chi connectivity index (χ4n) is 1.56. The molecular formula is C11H23NO2S. The summed E-state index contributed by atoms with van der Waals surface area (Å²) in [5.74, 6) is 3.37. The summed E-state index contributed by atoms with van der Waals surface area (Å²) in [6.45, 7) is 6.08. The van der Waals surface area contributed by atoms with Crippen LogP contribution in [0.2, 0.25) is 0 Å². The van der Waals surface area contributed by atoms with Gasteiger partial charge in [0, 0.05) is 6.54 Å². The number of aliphatic hydroxyl groups excluding tert-OH is 1. The SMILES string of the molecule is CC(C)OCC(O)CNCC1CCSC1. The van der Waals surface area contributed by atoms with Crippen LogP contribution in [0.1, 0.15) is 20.3 Å². The summed E-state index contributed by atoms with van der Waals surface area (Å²) in [4.78, 5) is 0. The van der Waals surface area contributed by atoms with Crippen molar-refractivity contribution in [1.82, 2.24) is 5.32 Å². The molecule has 1 aliphatic heterocycles. The molecule has 2 unspecified atom stereocenters. The zero-order chi connectivity index (χ0) is 11.1. The third-order valence-electron chi connectivity index (χ3n) is 2.46. The lowest BCUT2D eigenvalue weighted by Gasteiger charge is -2.15. The molecule has 1 saturated heterocycles. The van der Waals surface area contributed by atoms with Crippen molar-refractivity contribution in [2.45, 2.75) is 32.5 Å². The van der Waals surface area contributed by atoms with E-state index < -0.39 is 0 Å². The van der Waals surface area contributed by atoms with Gasteiger partial charge in [-0.15, -0.1) is 0 Å². The van der Waals surface area contributed by atoms with E-state index >= 15 is 0 Å². The van der Waals surface area contributed by atoms with Gasteiger partial charge in [-0.1, -0.05) is 0 Å². The maximum atomic E-state index is 9.58. The number of rotatable bonds is 7. The number of ether oxygens (including phenoxy) is 1. The molecule has 15 heavy (non-hydrogen) atoms. The summed E-state index contributed by atoms with van der Waals surface area (Å²) < 4.78 is 5.33. The van der Waals surface area contributed by atoms with Gasteiger partial charge in [0.15, 0.2) is 0 Å². The Balaban J connectivity index is 1.93. The molecule has 2 N–H and O–H groups in total. The summed E-state index contributed by atoms with van der Waals surface area (Å²) in [5.41, 5.74) is 0. The zero-order valence-corrected chi connectivity index (χ0v) is 10.6. The Morgan fingerprint density at radius 3 is 2.93 bits per heavy atom. The van der Waals surface area contributed by atoms with Crippen molar-refractivity contribution in [2.75, 3.05) is 31.2 Å². The van der Waals surface area contributed by atoms with Crippen LogP contribution in [-0.4, -0.2) is 48.5 Å². The first-order valence-electron chi connectivity index (χ1n) is 5.76. The van der Waals surface area contributed by atoms with Gasteiger partial charge in [-0.3, -0.25) is 0 Å². The second-order valence-electron chi connectivity index (χ2n) is 4.42. The molecule has 3 nitrogen and oxygen atoms in total. The summed E-state index contributed by atoms with van der Waals surface area (Å²) in [7, 11) is 0. The van der Waals surface area contributed by atoms with Crippen LogP contribution in [0.25, 0.3) is 0 Å². The molecule has 0 aromatic rings. The highest BCUT2D eigenvalue weighted by Crippen LogP contribution is 2.22. The van der Waals surface area contributed by atoms with Crippen molar-refractivity contribution < 1.29 is 9.84 Å². The maximum Gasteiger partial charge on any atom is 0.0897 e. The summed E-state index contributed by atoms with van der Waals surface area (Å²) in [5, 5.41) is 12.9. The van der Waals surface area contributed by atoms with Crippen LogP contribution in [0, 0.1) is 5.92 Å². The van der Waals surface area contributed by atoms with Crippen molar-refractivity contribution in [3.63, 3.8) is 0 Å². The van der Waals surface area contributed by atoms with E-state index in [0.717, 1.165) is 12.5 Å². The van der Waals surface area contributed by atoms with Crippen LogP contribution < -0.4 is 5.32 Å². The Labute approximate surface area is 97.0 Å². The number of hydrogen-bond acceptors (Lipinski definition) is 4. The second kappa shape index (κ2) is 7.49. The number of thioether (sulfide) groups is 1. The molecule has 1 rings (SSSR count). The minimum atomic E-state index is -0.374. The normalized spacial score (nSPS) is 23.6. The molecule has 1 aliphatic rings. The largest absolute Gasteiger partial charge is 0.389 e. The predicted octanol–water partition coefficient (Wildman–Crippen LogP) is 1.12. The molecule has 90 valence electrons. The molecule has 0 amide bonds. The van der Waals surface area contributed by atoms with Gasteiger partial charge in [0.2, 0.25) is 0 Å². The lowest BCUT2D eigenvalue weighted by atomic mass is 10.1. The highest BCUT2D eigenvalue weighted by atomic mass is 32.2. The van der Waals surface area contributed by atoms with E-state index in [-0.39, 0.29) is 12.2 Å². The first-order valence-corrected chi connectivity index (χ1v) is 6.92. The molecule has 0 radical (unpaired) electrons. The van der Waals surface area contributed by atoms with Gasteiger partial charge < -0.3 is 15.2 Å². The summed E-state index contributed by atoms with van der Waals surface area (Å²) in [6, 6.07) is 0. The number of hydrogen-bond donors (Lipinski definition) is 2. The van der Waals surface area contributed by atoms with E-state index in [0.29, 0.717) is 13.2 Å². The van der Waals surface area contributed by atoms with Crippen molar-refractivity contribution >= 4 is 11.8 Å². The minimum absolute atomic E-state index is 0.200. The smallest absolute Gasteiger partial charge is 0.0897 e. The van der Waals surface area contributed by atoms with E-state index in [2.05, 4.69) is 5.32 Å². The molecule has 4 heteroatoms. The van der Waals surface area contributed by atoms with Gasteiger partial charge in [-0.2, -0.15) is 11.8 Å². The lowest BCUT2D eigenvalue weighted by molar-refractivity contribution is 0.00623. The van der Waals surface area contributed by atoms with E-state index in [9.17, 15) is 5.11 Å². The summed E-state index contributed by atoms with van der Waals surface area (Å²) >= 11 is 2.03. The first-order chi connectivity index (χ1) is 7.18. The minimum Gasteiger partial charge on any atom is -0.389 e. The fraction of sp³-hybridized carbons (Fsp3) is 1.00. The Morgan fingerprint density at radius 1 is 1.53 bits per heavy atom. The van der Waals surface area contributed by atoms with Gasteiger partial charge in [0.25, 0.3) is 0 Å². The first kappa shape index (κ1) is 13.3. The molecule has 0 bridgehead atoms. The van der Waals surface area contributed by atoms with Crippen molar-refractivity contribution in [1.29, 1.82) is 0 Å². The number of nitrogens with one attached hydrogen (secondary N) is 1. The van der Waals surface area contributed by atoms with Crippen LogP contribution in [-0.2, 0) is 4.74 Å². The third kappa shape index (κ3) is 6.40. The summed E-state index contributed by atoms with van der Waals surface area (Å²) in [6.07, 6.45) is 1.14. The van der Waals surface area contributed by atoms with Gasteiger partial charge in [0.05, 0.1) is 18.8 Å². The highest BCUT2D eigenvalue weighted by molar-refractivity contribution is 7.99. The monoisotopic (exact) mass is 233 g/mol. The van der Waals surface area contributed by atoms with Crippen LogP contribution in [0.3, 0.4) is 0 Å². The highest BCUT2D eigenvalue weighted by Gasteiger charge is 2.15. The lowest BCUT2D eigenvalue weighted by Crippen LogP contribution is -2.34. The van der Waals surface area contributed by atoms with Crippen LogP contribution >= 0.6 is 11.8 Å². The van der Waals surface area contributed by atoms with Crippen molar-refractivity contribution in [3.8, 4) is 0 Å². The zero-order valence-electron chi connectivity index (χ0n) is 9.74. The quantitative estimate of drug-likeness (QED) is 0.691. The molecule has 0 spiro atoms. The molecule has 0 aromatic heterocycles. The van der Waals surface area contributed by atoms with Gasteiger partial charge in [-0.05, 0) is 44.2 Å². The Morgan fingerprint density at radius 2 is 2.33 bits per heavy atom. The molecule has 0 aliphatic carbocycles. The molecule has 0 aromatic carbocycles. The molecule has 0 saturated carbocycles. The van der Waals surface area contributed by atoms with Crippen LogP contribution in [0.15, 0.2) is 0 Å². The Kier molecular flexibility index (Phi) is 6.64. The van der Waals surface area contributed by atoms with Gasteiger partial charge in [0.1, 0.15) is 0 Å². The van der Waals surface area contributed by atoms with Gasteiger partial charge >= 0.3 is 0 Å².